The van der Waals surface area contributed by atoms with Gasteiger partial charge in [0.15, 0.2) is 23.0 Å². The van der Waals surface area contributed by atoms with Gasteiger partial charge in [-0.25, -0.2) is 0 Å². The third-order valence-electron chi connectivity index (χ3n) is 4.95. The first-order chi connectivity index (χ1) is 13.0. The Balaban J connectivity index is 1.66. The highest BCUT2D eigenvalue weighted by molar-refractivity contribution is 5.43. The summed E-state index contributed by atoms with van der Waals surface area (Å²) < 4.78 is 16.5. The predicted octanol–water partition coefficient (Wildman–Crippen LogP) is 3.33. The Bertz CT molecular complexity index is 775. The summed E-state index contributed by atoms with van der Waals surface area (Å²) >= 11 is 0. The lowest BCUT2D eigenvalue weighted by molar-refractivity contribution is -0.0998. The fourth-order valence-electron chi connectivity index (χ4n) is 3.49. The Labute approximate surface area is 158 Å². The molecule has 2 aromatic carbocycles. The van der Waals surface area contributed by atoms with E-state index in [0.29, 0.717) is 24.3 Å². The van der Waals surface area contributed by atoms with E-state index in [4.69, 9.17) is 14.2 Å². The van der Waals surface area contributed by atoms with Crippen molar-refractivity contribution in [3.63, 3.8) is 0 Å². The maximum absolute atomic E-state index is 10.3. The van der Waals surface area contributed by atoms with Crippen molar-refractivity contribution in [1.29, 1.82) is 0 Å². The molecule has 0 amide bonds. The van der Waals surface area contributed by atoms with Crippen LogP contribution >= 0.6 is 0 Å². The third kappa shape index (κ3) is 4.64. The molecule has 1 heterocycles. The lowest BCUT2D eigenvalue weighted by atomic mass is 9.93. The topological polar surface area (TPSA) is 88.4 Å². The number of aliphatic hydroxyl groups excluding tert-OH is 1. The van der Waals surface area contributed by atoms with Crippen molar-refractivity contribution in [3.05, 3.63) is 47.5 Å². The number of benzene rings is 2. The van der Waals surface area contributed by atoms with Gasteiger partial charge in [-0.1, -0.05) is 12.1 Å². The predicted molar refractivity (Wildman–Crippen MR) is 100 cm³/mol. The number of methoxy groups -OCH3 is 2. The molecular formula is C21H26O6. The molecule has 1 aliphatic rings. The lowest BCUT2D eigenvalue weighted by Gasteiger charge is -2.33. The van der Waals surface area contributed by atoms with Crippen LogP contribution in [-0.4, -0.2) is 41.7 Å². The summed E-state index contributed by atoms with van der Waals surface area (Å²) in [5.74, 6) is 1.04. The number of aromatic hydroxyl groups is 2. The van der Waals surface area contributed by atoms with E-state index in [9.17, 15) is 15.3 Å². The molecule has 3 N–H and O–H groups in total. The summed E-state index contributed by atoms with van der Waals surface area (Å²) in [6, 6.07) is 10.4. The van der Waals surface area contributed by atoms with Gasteiger partial charge in [0.05, 0.1) is 32.5 Å². The van der Waals surface area contributed by atoms with Gasteiger partial charge in [-0.05, 0) is 54.7 Å². The molecule has 0 unspecified atom stereocenters. The summed E-state index contributed by atoms with van der Waals surface area (Å²) in [6.07, 6.45) is 1.82. The van der Waals surface area contributed by atoms with Crippen LogP contribution in [0.1, 0.15) is 36.5 Å². The van der Waals surface area contributed by atoms with Gasteiger partial charge >= 0.3 is 0 Å². The standard InChI is InChI=1S/C21H26O6/c1-25-20-9-13(4-7-17(20)23)3-6-16-11-15(22)12-19(27-16)14-5-8-18(24)21(10-14)26-2/h4-5,7-10,15-16,19,22-24H,3,6,11-12H2,1-2H3/t15-,16-,19-/m0/s1. The van der Waals surface area contributed by atoms with E-state index >= 15 is 0 Å². The van der Waals surface area contributed by atoms with Crippen LogP contribution in [0.3, 0.4) is 0 Å². The van der Waals surface area contributed by atoms with Gasteiger partial charge in [-0.15, -0.1) is 0 Å². The Kier molecular flexibility index (Phi) is 6.08. The molecule has 0 spiro atoms. The average molecular weight is 374 g/mol. The zero-order valence-electron chi connectivity index (χ0n) is 15.6. The number of hydrogen-bond acceptors (Lipinski definition) is 6. The molecule has 1 fully saturated rings. The number of rotatable bonds is 6. The van der Waals surface area contributed by atoms with Crippen molar-refractivity contribution < 1.29 is 29.5 Å². The number of phenolic OH excluding ortho intramolecular Hbond substituents is 2. The summed E-state index contributed by atoms with van der Waals surface area (Å²) in [4.78, 5) is 0. The Hall–Kier alpha value is -2.44. The zero-order chi connectivity index (χ0) is 19.4. The molecular weight excluding hydrogens is 348 g/mol. The van der Waals surface area contributed by atoms with Gasteiger partial charge in [-0.3, -0.25) is 0 Å². The molecule has 0 aromatic heterocycles. The van der Waals surface area contributed by atoms with Crippen LogP contribution in [0.2, 0.25) is 0 Å². The summed E-state index contributed by atoms with van der Waals surface area (Å²) in [7, 11) is 3.03. The van der Waals surface area contributed by atoms with E-state index in [1.54, 1.807) is 24.3 Å². The zero-order valence-corrected chi connectivity index (χ0v) is 15.6. The highest BCUT2D eigenvalue weighted by Crippen LogP contribution is 2.37. The largest absolute Gasteiger partial charge is 0.504 e. The minimum atomic E-state index is -0.442. The molecule has 146 valence electrons. The van der Waals surface area contributed by atoms with Gasteiger partial charge in [-0.2, -0.15) is 0 Å². The summed E-state index contributed by atoms with van der Waals surface area (Å²) in [5.41, 5.74) is 1.91. The minimum Gasteiger partial charge on any atom is -0.504 e. The first kappa shape index (κ1) is 19.3. The molecule has 6 nitrogen and oxygen atoms in total. The molecule has 3 rings (SSSR count). The van der Waals surface area contributed by atoms with Gasteiger partial charge in [0.25, 0.3) is 0 Å². The van der Waals surface area contributed by atoms with Crippen LogP contribution < -0.4 is 9.47 Å². The van der Waals surface area contributed by atoms with Crippen molar-refractivity contribution >= 4 is 0 Å². The van der Waals surface area contributed by atoms with Gasteiger partial charge in [0.1, 0.15) is 0 Å². The van der Waals surface area contributed by atoms with Crippen LogP contribution in [0, 0.1) is 0 Å². The highest BCUT2D eigenvalue weighted by Gasteiger charge is 2.29. The molecule has 0 radical (unpaired) electrons. The number of aryl methyl sites for hydroxylation is 1. The average Bonchev–Trinajstić information content (AvgIpc) is 2.67. The second-order valence-corrected chi connectivity index (χ2v) is 6.85. The second-order valence-electron chi connectivity index (χ2n) is 6.85. The van der Waals surface area contributed by atoms with Gasteiger partial charge in [0.2, 0.25) is 0 Å². The Morgan fingerprint density at radius 3 is 2.33 bits per heavy atom. The van der Waals surface area contributed by atoms with E-state index in [-0.39, 0.29) is 23.7 Å². The summed E-state index contributed by atoms with van der Waals surface area (Å²) in [5, 5.41) is 29.8. The molecule has 1 saturated heterocycles. The smallest absolute Gasteiger partial charge is 0.160 e. The van der Waals surface area contributed by atoms with E-state index in [0.717, 1.165) is 24.0 Å². The first-order valence-corrected chi connectivity index (χ1v) is 9.06. The lowest BCUT2D eigenvalue weighted by Crippen LogP contribution is -2.31. The van der Waals surface area contributed by atoms with Crippen LogP contribution in [0.15, 0.2) is 36.4 Å². The van der Waals surface area contributed by atoms with Crippen molar-refractivity contribution in [3.8, 4) is 23.0 Å². The quantitative estimate of drug-likeness (QED) is 0.719. The van der Waals surface area contributed by atoms with E-state index in [2.05, 4.69) is 0 Å². The molecule has 2 aromatic rings. The molecule has 0 aliphatic carbocycles. The Morgan fingerprint density at radius 1 is 0.963 bits per heavy atom. The molecule has 0 bridgehead atoms. The maximum atomic E-state index is 10.3. The third-order valence-corrected chi connectivity index (χ3v) is 4.95. The van der Waals surface area contributed by atoms with Crippen LogP contribution in [-0.2, 0) is 11.2 Å². The second kappa shape index (κ2) is 8.50. The van der Waals surface area contributed by atoms with Crippen molar-refractivity contribution in [2.45, 2.75) is 44.0 Å². The number of aliphatic hydroxyl groups is 1. The van der Waals surface area contributed by atoms with E-state index in [1.807, 2.05) is 12.1 Å². The highest BCUT2D eigenvalue weighted by atomic mass is 16.5. The van der Waals surface area contributed by atoms with Crippen molar-refractivity contribution in [2.24, 2.45) is 0 Å². The molecule has 0 saturated carbocycles. The number of phenols is 2. The monoisotopic (exact) mass is 374 g/mol. The molecule has 27 heavy (non-hydrogen) atoms. The molecule has 3 atom stereocenters. The molecule has 1 aliphatic heterocycles. The maximum Gasteiger partial charge on any atom is 0.160 e. The fourth-order valence-corrected chi connectivity index (χ4v) is 3.49. The van der Waals surface area contributed by atoms with Gasteiger partial charge < -0.3 is 29.5 Å². The van der Waals surface area contributed by atoms with E-state index in [1.165, 1.54) is 14.2 Å². The summed E-state index contributed by atoms with van der Waals surface area (Å²) in [6.45, 7) is 0. The normalized spacial score (nSPS) is 22.4. The Morgan fingerprint density at radius 2 is 1.63 bits per heavy atom. The fraction of sp³-hybridized carbons (Fsp3) is 0.429. The molecule has 6 heteroatoms. The van der Waals surface area contributed by atoms with Crippen LogP contribution in [0.25, 0.3) is 0 Å². The number of hydrogen-bond donors (Lipinski definition) is 3. The van der Waals surface area contributed by atoms with Gasteiger partial charge in [0, 0.05) is 6.42 Å². The number of ether oxygens (including phenoxy) is 3. The van der Waals surface area contributed by atoms with Crippen molar-refractivity contribution in [1.82, 2.24) is 0 Å². The minimum absolute atomic E-state index is 0.0791. The van der Waals surface area contributed by atoms with E-state index < -0.39 is 6.10 Å². The SMILES string of the molecule is COc1cc(CC[C@H]2C[C@H](O)C[C@@H](c3ccc(O)c(OC)c3)O2)ccc1O. The van der Waals surface area contributed by atoms with Crippen molar-refractivity contribution in [2.75, 3.05) is 14.2 Å². The first-order valence-electron chi connectivity index (χ1n) is 9.06. The van der Waals surface area contributed by atoms with Crippen LogP contribution in [0.4, 0.5) is 0 Å². The van der Waals surface area contributed by atoms with Crippen LogP contribution in [0.5, 0.6) is 23.0 Å².